The van der Waals surface area contributed by atoms with Crippen molar-refractivity contribution in [2.24, 2.45) is 0 Å². The van der Waals surface area contributed by atoms with Gasteiger partial charge in [0.05, 0.1) is 15.7 Å². The molecule has 0 spiro atoms. The van der Waals surface area contributed by atoms with Crippen molar-refractivity contribution in [1.82, 2.24) is 9.97 Å². The molecule has 3 aromatic carbocycles. The average Bonchev–Trinajstić information content (AvgIpc) is 3.17. The molecule has 1 amide bonds. The number of benzene rings is 3. The summed E-state index contributed by atoms with van der Waals surface area (Å²) in [6.07, 6.45) is 0. The number of nitrogens with zero attached hydrogens (tertiary/aromatic N) is 2. The molecule has 0 unspecified atom stereocenters. The van der Waals surface area contributed by atoms with Crippen LogP contribution in [0.1, 0.15) is 16.1 Å². The molecule has 0 aliphatic carbocycles. The predicted octanol–water partition coefficient (Wildman–Crippen LogP) is 6.07. The van der Waals surface area contributed by atoms with Crippen molar-refractivity contribution in [3.05, 3.63) is 90.1 Å². The number of aryl methyl sites for hydroxylation is 1. The van der Waals surface area contributed by atoms with Crippen molar-refractivity contribution >= 4 is 44.1 Å². The molecule has 0 bridgehead atoms. The molecule has 2 heterocycles. The molecule has 0 aliphatic rings. The molecule has 4 nitrogen and oxygen atoms in total. The normalized spacial score (nSPS) is 11.1. The summed E-state index contributed by atoms with van der Waals surface area (Å²) in [5.41, 5.74) is 5.20. The molecule has 2 aromatic heterocycles. The summed E-state index contributed by atoms with van der Waals surface area (Å²) >= 11 is 1.67. The van der Waals surface area contributed by atoms with Crippen LogP contribution in [0.25, 0.3) is 31.7 Å². The predicted molar refractivity (Wildman–Crippen MR) is 119 cm³/mol. The van der Waals surface area contributed by atoms with Crippen LogP contribution in [0.4, 0.5) is 5.69 Å². The molecular weight excluding hydrogens is 378 g/mol. The Morgan fingerprint density at radius 2 is 1.69 bits per heavy atom. The first-order chi connectivity index (χ1) is 14.2. The first-order valence-electron chi connectivity index (χ1n) is 9.30. The number of aromatic nitrogens is 2. The number of thiazole rings is 1. The van der Waals surface area contributed by atoms with Gasteiger partial charge in [-0.3, -0.25) is 4.79 Å². The van der Waals surface area contributed by atoms with Gasteiger partial charge in [-0.2, -0.15) is 0 Å². The average molecular weight is 395 g/mol. The van der Waals surface area contributed by atoms with Gasteiger partial charge in [-0.15, -0.1) is 11.3 Å². The molecule has 0 atom stereocenters. The number of fused-ring (bicyclic) bond motifs is 2. The Labute approximate surface area is 171 Å². The highest BCUT2D eigenvalue weighted by atomic mass is 32.1. The Bertz CT molecular complexity index is 1360. The minimum Gasteiger partial charge on any atom is -0.321 e. The zero-order valence-corrected chi connectivity index (χ0v) is 16.5. The lowest BCUT2D eigenvalue weighted by Gasteiger charge is -2.06. The number of rotatable bonds is 3. The smallest absolute Gasteiger partial charge is 0.274 e. The van der Waals surface area contributed by atoms with E-state index in [1.165, 1.54) is 10.3 Å². The number of pyridine rings is 1. The Kier molecular flexibility index (Phi) is 4.30. The summed E-state index contributed by atoms with van der Waals surface area (Å²) in [5.74, 6) is -0.223. The number of amides is 1. The summed E-state index contributed by atoms with van der Waals surface area (Å²) in [6.45, 7) is 2.08. The molecule has 29 heavy (non-hydrogen) atoms. The first kappa shape index (κ1) is 17.5. The second-order valence-electron chi connectivity index (χ2n) is 6.91. The lowest BCUT2D eigenvalue weighted by atomic mass is 10.2. The van der Waals surface area contributed by atoms with E-state index in [9.17, 15) is 4.79 Å². The van der Waals surface area contributed by atoms with Crippen molar-refractivity contribution in [3.8, 4) is 10.6 Å². The fourth-order valence-corrected chi connectivity index (χ4v) is 4.31. The van der Waals surface area contributed by atoms with Crippen LogP contribution in [0.3, 0.4) is 0 Å². The van der Waals surface area contributed by atoms with Crippen LogP contribution in [0, 0.1) is 6.92 Å². The van der Waals surface area contributed by atoms with Gasteiger partial charge in [-0.05, 0) is 61.0 Å². The lowest BCUT2D eigenvalue weighted by molar-refractivity contribution is 0.102. The molecule has 0 fully saturated rings. The molecule has 5 rings (SSSR count). The Hall–Kier alpha value is -3.57. The number of carbonyl (C=O) groups excluding carboxylic acids is 1. The van der Waals surface area contributed by atoms with Gasteiger partial charge >= 0.3 is 0 Å². The lowest BCUT2D eigenvalue weighted by Crippen LogP contribution is -2.13. The number of nitrogens with one attached hydrogen (secondary N) is 1. The molecule has 5 aromatic rings. The molecule has 5 heteroatoms. The summed E-state index contributed by atoms with van der Waals surface area (Å²) < 4.78 is 1.18. The van der Waals surface area contributed by atoms with Crippen molar-refractivity contribution < 1.29 is 4.79 Å². The van der Waals surface area contributed by atoms with Gasteiger partial charge in [0.1, 0.15) is 10.7 Å². The topological polar surface area (TPSA) is 54.9 Å². The fraction of sp³-hybridized carbons (Fsp3) is 0.0417. The Balaban J connectivity index is 1.37. The standard InChI is InChI=1S/C24H17N3OS/c1-15-6-12-20-22(14-15)29-24(27-20)17-7-10-18(11-8-17)25-23(28)21-13-9-16-4-2-3-5-19(16)26-21/h2-14H,1H3,(H,25,28). The largest absolute Gasteiger partial charge is 0.321 e. The quantitative estimate of drug-likeness (QED) is 0.403. The zero-order chi connectivity index (χ0) is 19.8. The second kappa shape index (κ2) is 7.11. The van der Waals surface area contributed by atoms with Crippen LogP contribution in [0.15, 0.2) is 78.9 Å². The van der Waals surface area contributed by atoms with Crippen molar-refractivity contribution in [3.63, 3.8) is 0 Å². The third kappa shape index (κ3) is 3.48. The minimum atomic E-state index is -0.223. The minimum absolute atomic E-state index is 0.223. The van der Waals surface area contributed by atoms with Gasteiger partial charge in [-0.1, -0.05) is 30.3 Å². The zero-order valence-electron chi connectivity index (χ0n) is 15.7. The van der Waals surface area contributed by atoms with E-state index < -0.39 is 0 Å². The summed E-state index contributed by atoms with van der Waals surface area (Å²) in [7, 11) is 0. The highest BCUT2D eigenvalue weighted by Gasteiger charge is 2.10. The van der Waals surface area contributed by atoms with E-state index in [1.54, 1.807) is 17.4 Å². The SMILES string of the molecule is Cc1ccc2nc(-c3ccc(NC(=O)c4ccc5ccccc5n4)cc3)sc2c1. The van der Waals surface area contributed by atoms with Crippen molar-refractivity contribution in [2.45, 2.75) is 6.92 Å². The number of carbonyl (C=O) groups is 1. The molecule has 0 aliphatic heterocycles. The second-order valence-corrected chi connectivity index (χ2v) is 7.94. The van der Waals surface area contributed by atoms with Gasteiger partial charge in [-0.25, -0.2) is 9.97 Å². The highest BCUT2D eigenvalue weighted by Crippen LogP contribution is 2.31. The molecule has 1 N–H and O–H groups in total. The first-order valence-corrected chi connectivity index (χ1v) is 10.1. The molecular formula is C24H17N3OS. The highest BCUT2D eigenvalue weighted by molar-refractivity contribution is 7.21. The monoisotopic (exact) mass is 395 g/mol. The third-order valence-corrected chi connectivity index (χ3v) is 5.83. The van der Waals surface area contributed by atoms with E-state index in [1.807, 2.05) is 54.6 Å². The van der Waals surface area contributed by atoms with E-state index >= 15 is 0 Å². The Morgan fingerprint density at radius 3 is 2.55 bits per heavy atom. The van der Waals surface area contributed by atoms with Crippen LogP contribution in [0.2, 0.25) is 0 Å². The van der Waals surface area contributed by atoms with Gasteiger partial charge in [0, 0.05) is 16.6 Å². The maximum absolute atomic E-state index is 12.6. The van der Waals surface area contributed by atoms with E-state index in [4.69, 9.17) is 4.98 Å². The third-order valence-electron chi connectivity index (χ3n) is 4.76. The van der Waals surface area contributed by atoms with Gasteiger partial charge < -0.3 is 5.32 Å². The number of para-hydroxylation sites is 1. The van der Waals surface area contributed by atoms with E-state index in [2.05, 4.69) is 35.4 Å². The summed E-state index contributed by atoms with van der Waals surface area (Å²) in [4.78, 5) is 21.7. The van der Waals surface area contributed by atoms with Gasteiger partial charge in [0.2, 0.25) is 0 Å². The van der Waals surface area contributed by atoms with E-state index in [0.717, 1.165) is 32.7 Å². The maximum atomic E-state index is 12.6. The molecule has 140 valence electrons. The van der Waals surface area contributed by atoms with Crippen LogP contribution < -0.4 is 5.32 Å². The van der Waals surface area contributed by atoms with E-state index in [0.29, 0.717) is 5.69 Å². The van der Waals surface area contributed by atoms with Crippen molar-refractivity contribution in [2.75, 3.05) is 5.32 Å². The number of anilines is 1. The van der Waals surface area contributed by atoms with Crippen LogP contribution in [-0.2, 0) is 0 Å². The molecule has 0 saturated heterocycles. The van der Waals surface area contributed by atoms with Crippen LogP contribution in [0.5, 0.6) is 0 Å². The van der Waals surface area contributed by atoms with E-state index in [-0.39, 0.29) is 5.91 Å². The van der Waals surface area contributed by atoms with Crippen LogP contribution >= 0.6 is 11.3 Å². The van der Waals surface area contributed by atoms with Gasteiger partial charge in [0.15, 0.2) is 0 Å². The maximum Gasteiger partial charge on any atom is 0.274 e. The Morgan fingerprint density at radius 1 is 0.862 bits per heavy atom. The summed E-state index contributed by atoms with van der Waals surface area (Å²) in [6, 6.07) is 25.4. The molecule has 0 radical (unpaired) electrons. The number of hydrogen-bond donors (Lipinski definition) is 1. The summed E-state index contributed by atoms with van der Waals surface area (Å²) in [5, 5.41) is 4.90. The number of hydrogen-bond acceptors (Lipinski definition) is 4. The van der Waals surface area contributed by atoms with Crippen molar-refractivity contribution in [1.29, 1.82) is 0 Å². The van der Waals surface area contributed by atoms with Crippen LogP contribution in [-0.4, -0.2) is 15.9 Å². The van der Waals surface area contributed by atoms with Gasteiger partial charge in [0.25, 0.3) is 5.91 Å². The molecule has 0 saturated carbocycles. The fourth-order valence-electron chi connectivity index (χ4n) is 3.24.